The number of aryl methyl sites for hydroxylation is 1. The topological polar surface area (TPSA) is 69.6 Å². The molecule has 2 amide bonds. The van der Waals surface area contributed by atoms with Gasteiger partial charge in [0.05, 0.1) is 11.3 Å². The van der Waals surface area contributed by atoms with Gasteiger partial charge in [0.25, 0.3) is 0 Å². The van der Waals surface area contributed by atoms with E-state index in [2.05, 4.69) is 5.32 Å². The lowest BCUT2D eigenvalue weighted by atomic mass is 10.1. The third-order valence-corrected chi connectivity index (χ3v) is 3.24. The number of hydrogen-bond acceptors (Lipinski definition) is 2. The summed E-state index contributed by atoms with van der Waals surface area (Å²) in [6, 6.07) is 5.07. The first-order valence-electron chi connectivity index (χ1n) is 6.44. The van der Waals surface area contributed by atoms with Crippen LogP contribution < -0.4 is 5.32 Å². The first-order chi connectivity index (χ1) is 9.02. The highest BCUT2D eigenvalue weighted by atomic mass is 16.4. The molecule has 1 fully saturated rings. The Morgan fingerprint density at radius 2 is 2.11 bits per heavy atom. The van der Waals surface area contributed by atoms with Gasteiger partial charge in [0.15, 0.2) is 0 Å². The Bertz CT molecular complexity index is 509. The maximum atomic E-state index is 12.1. The van der Waals surface area contributed by atoms with Gasteiger partial charge >= 0.3 is 12.0 Å². The highest BCUT2D eigenvalue weighted by Gasteiger charge is 2.31. The lowest BCUT2D eigenvalue weighted by Gasteiger charge is -2.21. The summed E-state index contributed by atoms with van der Waals surface area (Å²) in [6.07, 6.45) is 2.06. The molecule has 0 unspecified atom stereocenters. The van der Waals surface area contributed by atoms with Crippen LogP contribution in [-0.2, 0) is 0 Å². The molecule has 0 atom stereocenters. The molecule has 0 aromatic heterocycles. The Balaban J connectivity index is 2.18. The average Bonchev–Trinajstić information content (AvgIpc) is 3.16. The van der Waals surface area contributed by atoms with Crippen LogP contribution in [0.25, 0.3) is 0 Å². The fourth-order valence-electron chi connectivity index (χ4n) is 2.08. The molecule has 1 aliphatic carbocycles. The molecule has 1 aromatic carbocycles. The molecule has 0 radical (unpaired) electrons. The van der Waals surface area contributed by atoms with E-state index in [0.717, 1.165) is 18.4 Å². The minimum absolute atomic E-state index is 0.125. The van der Waals surface area contributed by atoms with Gasteiger partial charge in [-0.2, -0.15) is 0 Å². The van der Waals surface area contributed by atoms with Gasteiger partial charge in [-0.05, 0) is 38.8 Å². The smallest absolute Gasteiger partial charge is 0.337 e. The molecule has 0 heterocycles. The Kier molecular flexibility index (Phi) is 3.74. The maximum Gasteiger partial charge on any atom is 0.337 e. The van der Waals surface area contributed by atoms with Crippen molar-refractivity contribution in [1.29, 1.82) is 0 Å². The Morgan fingerprint density at radius 3 is 2.63 bits per heavy atom. The van der Waals surface area contributed by atoms with Crippen molar-refractivity contribution in [3.05, 3.63) is 29.3 Å². The average molecular weight is 262 g/mol. The Labute approximate surface area is 112 Å². The lowest BCUT2D eigenvalue weighted by Crippen LogP contribution is -2.36. The summed E-state index contributed by atoms with van der Waals surface area (Å²) >= 11 is 0. The minimum atomic E-state index is -1.03. The fourth-order valence-corrected chi connectivity index (χ4v) is 2.08. The van der Waals surface area contributed by atoms with Crippen LogP contribution >= 0.6 is 0 Å². The Morgan fingerprint density at radius 1 is 1.42 bits per heavy atom. The number of carboxylic acid groups (broad SMARTS) is 1. The molecule has 1 aliphatic rings. The van der Waals surface area contributed by atoms with Crippen molar-refractivity contribution in [3.8, 4) is 0 Å². The number of carboxylic acids is 1. The van der Waals surface area contributed by atoms with Gasteiger partial charge in [-0.3, -0.25) is 0 Å². The molecule has 0 aliphatic heterocycles. The number of urea groups is 1. The van der Waals surface area contributed by atoms with Gasteiger partial charge in [-0.25, -0.2) is 9.59 Å². The van der Waals surface area contributed by atoms with Crippen molar-refractivity contribution in [2.75, 3.05) is 11.9 Å². The summed E-state index contributed by atoms with van der Waals surface area (Å²) in [5, 5.41) is 11.9. The van der Waals surface area contributed by atoms with Gasteiger partial charge in [0, 0.05) is 12.6 Å². The lowest BCUT2D eigenvalue weighted by molar-refractivity contribution is 0.0698. The van der Waals surface area contributed by atoms with Crippen molar-refractivity contribution in [3.63, 3.8) is 0 Å². The SMILES string of the molecule is CCN(C(=O)Nc1ccc(C)cc1C(=O)O)C1CC1. The predicted octanol–water partition coefficient (Wildman–Crippen LogP) is 2.71. The number of nitrogens with zero attached hydrogens (tertiary/aromatic N) is 1. The Hall–Kier alpha value is -2.04. The van der Waals surface area contributed by atoms with Crippen LogP contribution in [0, 0.1) is 6.92 Å². The molecule has 5 heteroatoms. The van der Waals surface area contributed by atoms with Crippen LogP contribution in [-0.4, -0.2) is 34.6 Å². The second-order valence-electron chi connectivity index (χ2n) is 4.80. The molecular formula is C14H18N2O3. The highest BCUT2D eigenvalue weighted by Crippen LogP contribution is 2.27. The predicted molar refractivity (Wildman–Crippen MR) is 72.6 cm³/mol. The van der Waals surface area contributed by atoms with Crippen molar-refractivity contribution in [2.24, 2.45) is 0 Å². The van der Waals surface area contributed by atoms with Crippen LogP contribution in [0.5, 0.6) is 0 Å². The van der Waals surface area contributed by atoms with Gasteiger partial charge < -0.3 is 15.3 Å². The van der Waals surface area contributed by atoms with E-state index < -0.39 is 5.97 Å². The summed E-state index contributed by atoms with van der Waals surface area (Å²) in [7, 11) is 0. The maximum absolute atomic E-state index is 12.1. The molecule has 102 valence electrons. The molecule has 1 aromatic rings. The van der Waals surface area contributed by atoms with Crippen LogP contribution in [0.3, 0.4) is 0 Å². The van der Waals surface area contributed by atoms with Crippen molar-refractivity contribution >= 4 is 17.7 Å². The third-order valence-electron chi connectivity index (χ3n) is 3.24. The normalized spacial score (nSPS) is 14.0. The second-order valence-corrected chi connectivity index (χ2v) is 4.80. The van der Waals surface area contributed by atoms with Crippen LogP contribution in [0.15, 0.2) is 18.2 Å². The number of carbonyl (C=O) groups excluding carboxylic acids is 1. The summed E-state index contributed by atoms with van der Waals surface area (Å²) in [5.41, 5.74) is 1.33. The number of carbonyl (C=O) groups is 2. The molecule has 2 rings (SSSR count). The second kappa shape index (κ2) is 5.30. The van der Waals surface area contributed by atoms with E-state index in [1.165, 1.54) is 0 Å². The summed E-state index contributed by atoms with van der Waals surface area (Å²) in [5.74, 6) is -1.03. The fraction of sp³-hybridized carbons (Fsp3) is 0.429. The molecule has 2 N–H and O–H groups in total. The number of benzene rings is 1. The molecule has 0 saturated heterocycles. The zero-order valence-corrected chi connectivity index (χ0v) is 11.1. The van der Waals surface area contributed by atoms with Crippen molar-refractivity contribution in [1.82, 2.24) is 4.90 Å². The number of anilines is 1. The quantitative estimate of drug-likeness (QED) is 0.876. The number of hydrogen-bond donors (Lipinski definition) is 2. The first-order valence-corrected chi connectivity index (χ1v) is 6.44. The molecule has 19 heavy (non-hydrogen) atoms. The molecule has 5 nitrogen and oxygen atoms in total. The number of aromatic carboxylic acids is 1. The zero-order chi connectivity index (χ0) is 14.0. The van der Waals surface area contributed by atoms with E-state index in [1.54, 1.807) is 23.1 Å². The summed E-state index contributed by atoms with van der Waals surface area (Å²) in [6.45, 7) is 4.37. The molecular weight excluding hydrogens is 244 g/mol. The number of nitrogens with one attached hydrogen (secondary N) is 1. The van der Waals surface area contributed by atoms with Crippen molar-refractivity contribution in [2.45, 2.75) is 32.7 Å². The van der Waals surface area contributed by atoms with E-state index in [-0.39, 0.29) is 11.6 Å². The van der Waals surface area contributed by atoms with Gasteiger partial charge in [-0.15, -0.1) is 0 Å². The standard InChI is InChI=1S/C14H18N2O3/c1-3-16(10-5-6-10)14(19)15-12-7-4-9(2)8-11(12)13(17)18/h4,7-8,10H,3,5-6H2,1-2H3,(H,15,19)(H,17,18). The summed E-state index contributed by atoms with van der Waals surface area (Å²) in [4.78, 5) is 25.0. The van der Waals surface area contributed by atoms with Gasteiger partial charge in [0.2, 0.25) is 0 Å². The third kappa shape index (κ3) is 3.05. The number of rotatable bonds is 4. The minimum Gasteiger partial charge on any atom is -0.478 e. The van der Waals surface area contributed by atoms with E-state index in [1.807, 2.05) is 13.8 Å². The van der Waals surface area contributed by atoms with Gasteiger partial charge in [-0.1, -0.05) is 11.6 Å². The van der Waals surface area contributed by atoms with E-state index >= 15 is 0 Å². The van der Waals surface area contributed by atoms with Crippen LogP contribution in [0.2, 0.25) is 0 Å². The first kappa shape index (κ1) is 13.4. The van der Waals surface area contributed by atoms with Crippen molar-refractivity contribution < 1.29 is 14.7 Å². The number of amides is 2. The molecule has 0 bridgehead atoms. The molecule has 1 saturated carbocycles. The van der Waals surface area contributed by atoms with E-state index in [0.29, 0.717) is 18.3 Å². The zero-order valence-electron chi connectivity index (χ0n) is 11.1. The summed E-state index contributed by atoms with van der Waals surface area (Å²) < 4.78 is 0. The monoisotopic (exact) mass is 262 g/mol. The van der Waals surface area contributed by atoms with E-state index in [9.17, 15) is 9.59 Å². The largest absolute Gasteiger partial charge is 0.478 e. The van der Waals surface area contributed by atoms with Gasteiger partial charge in [0.1, 0.15) is 0 Å². The van der Waals surface area contributed by atoms with Crippen LogP contribution in [0.4, 0.5) is 10.5 Å². The molecule has 0 spiro atoms. The van der Waals surface area contributed by atoms with E-state index in [4.69, 9.17) is 5.11 Å². The highest BCUT2D eigenvalue weighted by molar-refractivity contribution is 6.00. The van der Waals surface area contributed by atoms with Crippen LogP contribution in [0.1, 0.15) is 35.7 Å².